The van der Waals surface area contributed by atoms with E-state index in [9.17, 15) is 4.79 Å². The summed E-state index contributed by atoms with van der Waals surface area (Å²) in [5.41, 5.74) is 0. The van der Waals surface area contributed by atoms with Gasteiger partial charge in [-0.15, -0.1) is 0 Å². The normalized spacial score (nSPS) is 25.1. The Labute approximate surface area is 142 Å². The van der Waals surface area contributed by atoms with Crippen LogP contribution in [-0.2, 0) is 4.79 Å². The van der Waals surface area contributed by atoms with Gasteiger partial charge in [0.15, 0.2) is 12.3 Å². The predicted molar refractivity (Wildman–Crippen MR) is 98.4 cm³/mol. The number of hydrogen-bond acceptors (Lipinski definition) is 2. The van der Waals surface area contributed by atoms with Gasteiger partial charge in [-0.1, -0.05) is 44.8 Å². The fourth-order valence-electron chi connectivity index (χ4n) is 3.50. The van der Waals surface area contributed by atoms with Gasteiger partial charge in [0.2, 0.25) is 5.91 Å². The van der Waals surface area contributed by atoms with Gasteiger partial charge in [-0.3, -0.25) is 9.28 Å². The number of carbonyl (C=O) groups excluding carboxylic acids is 1. The summed E-state index contributed by atoms with van der Waals surface area (Å²) in [7, 11) is 0. The Hall–Kier alpha value is -1.16. The minimum absolute atomic E-state index is 0.0386. The van der Waals surface area contributed by atoms with E-state index in [1.165, 1.54) is 38.5 Å². The Morgan fingerprint density at radius 3 is 2.70 bits per heavy atom. The lowest BCUT2D eigenvalue weighted by atomic mass is 10.1. The number of rotatable bonds is 11. The molecule has 0 spiro atoms. The maximum absolute atomic E-state index is 11.4. The van der Waals surface area contributed by atoms with Crippen LogP contribution < -0.4 is 5.32 Å². The Balaban J connectivity index is 2.44. The van der Waals surface area contributed by atoms with E-state index in [1.807, 2.05) is 6.21 Å². The lowest BCUT2D eigenvalue weighted by Gasteiger charge is -2.42. The van der Waals surface area contributed by atoms with Crippen LogP contribution in [0.5, 0.6) is 0 Å². The van der Waals surface area contributed by atoms with E-state index in [2.05, 4.69) is 38.2 Å². The van der Waals surface area contributed by atoms with Crippen molar-refractivity contribution in [3.05, 3.63) is 12.2 Å². The molecule has 0 radical (unpaired) electrons. The molecule has 4 heteroatoms. The molecule has 0 aromatic carbocycles. The van der Waals surface area contributed by atoms with E-state index in [4.69, 9.17) is 4.99 Å². The standard InChI is InChI=1S/C19H35N3O/c1-5-7-8-9-10-11-12-13-14-19-20-15-16-22(19,6-2)17(3)21-18(4)23/h12-13,15,17,19H,5-11,14,16H2,1-4H3/p+1/b13-12+. The third kappa shape index (κ3) is 6.09. The topological polar surface area (TPSA) is 41.5 Å². The van der Waals surface area contributed by atoms with Gasteiger partial charge < -0.3 is 5.32 Å². The number of quaternary nitrogens is 1. The average Bonchev–Trinajstić information content (AvgIpc) is 2.93. The third-order valence-corrected chi connectivity index (χ3v) is 5.05. The van der Waals surface area contributed by atoms with Crippen molar-refractivity contribution < 1.29 is 9.28 Å². The first kappa shape index (κ1) is 19.9. The maximum Gasteiger partial charge on any atom is 0.221 e. The second-order valence-corrected chi connectivity index (χ2v) is 6.70. The van der Waals surface area contributed by atoms with Gasteiger partial charge in [-0.05, 0) is 19.8 Å². The minimum atomic E-state index is 0.0386. The van der Waals surface area contributed by atoms with Crippen LogP contribution in [0.1, 0.15) is 72.6 Å². The van der Waals surface area contributed by atoms with Crippen molar-refractivity contribution >= 4 is 12.1 Å². The summed E-state index contributed by atoms with van der Waals surface area (Å²) in [6, 6.07) is 0. The fourth-order valence-corrected chi connectivity index (χ4v) is 3.50. The number of unbranched alkanes of at least 4 members (excludes halogenated alkanes) is 5. The number of nitrogens with one attached hydrogen (secondary N) is 1. The molecule has 1 heterocycles. The number of amides is 1. The van der Waals surface area contributed by atoms with Crippen molar-refractivity contribution in [2.45, 2.75) is 85.0 Å². The average molecular weight is 323 g/mol. The molecule has 1 amide bonds. The molecule has 3 atom stereocenters. The third-order valence-electron chi connectivity index (χ3n) is 5.05. The summed E-state index contributed by atoms with van der Waals surface area (Å²) in [5.74, 6) is 0.0386. The summed E-state index contributed by atoms with van der Waals surface area (Å²) < 4.78 is 0.834. The second-order valence-electron chi connectivity index (χ2n) is 6.70. The molecule has 1 N–H and O–H groups in total. The summed E-state index contributed by atoms with van der Waals surface area (Å²) in [4.78, 5) is 16.1. The van der Waals surface area contributed by atoms with Crippen molar-refractivity contribution in [3.8, 4) is 0 Å². The molecule has 3 unspecified atom stereocenters. The van der Waals surface area contributed by atoms with Gasteiger partial charge in [-0.2, -0.15) is 0 Å². The lowest BCUT2D eigenvalue weighted by Crippen LogP contribution is -2.63. The molecule has 0 bridgehead atoms. The van der Waals surface area contributed by atoms with Gasteiger partial charge in [0, 0.05) is 20.3 Å². The molecule has 0 aliphatic carbocycles. The molecule has 1 aliphatic heterocycles. The first-order valence-corrected chi connectivity index (χ1v) is 9.37. The summed E-state index contributed by atoms with van der Waals surface area (Å²) >= 11 is 0. The Morgan fingerprint density at radius 2 is 2.04 bits per heavy atom. The molecule has 0 saturated carbocycles. The van der Waals surface area contributed by atoms with Crippen LogP contribution in [0, 0.1) is 0 Å². The van der Waals surface area contributed by atoms with Gasteiger partial charge >= 0.3 is 0 Å². The van der Waals surface area contributed by atoms with Crippen molar-refractivity contribution in [1.82, 2.24) is 5.32 Å². The molecule has 0 saturated heterocycles. The highest BCUT2D eigenvalue weighted by atomic mass is 16.1. The highest BCUT2D eigenvalue weighted by molar-refractivity contribution is 5.73. The molecule has 0 fully saturated rings. The highest BCUT2D eigenvalue weighted by Crippen LogP contribution is 2.25. The largest absolute Gasteiger partial charge is 0.307 e. The van der Waals surface area contributed by atoms with Crippen LogP contribution in [0.25, 0.3) is 0 Å². The maximum atomic E-state index is 11.4. The zero-order valence-corrected chi connectivity index (χ0v) is 15.6. The van der Waals surface area contributed by atoms with Crippen molar-refractivity contribution in [1.29, 1.82) is 0 Å². The van der Waals surface area contributed by atoms with Crippen LogP contribution in [0.15, 0.2) is 17.1 Å². The van der Waals surface area contributed by atoms with Crippen LogP contribution in [0.3, 0.4) is 0 Å². The molecule has 23 heavy (non-hydrogen) atoms. The van der Waals surface area contributed by atoms with E-state index in [-0.39, 0.29) is 18.2 Å². The monoisotopic (exact) mass is 322 g/mol. The number of aliphatic imine (C=N–C) groups is 1. The molecule has 132 valence electrons. The Kier molecular flexibility index (Phi) is 9.15. The smallest absolute Gasteiger partial charge is 0.221 e. The number of hydrogen-bond donors (Lipinski definition) is 1. The molecule has 1 aliphatic rings. The molecule has 0 aromatic heterocycles. The SMILES string of the molecule is CCCCCCC/C=C/CC1N=CC[N+]1(CC)C(C)NC(C)=O. The van der Waals surface area contributed by atoms with E-state index in [0.29, 0.717) is 0 Å². The first-order valence-electron chi connectivity index (χ1n) is 9.37. The quantitative estimate of drug-likeness (QED) is 0.348. The van der Waals surface area contributed by atoms with Gasteiger partial charge in [0.1, 0.15) is 6.54 Å². The van der Waals surface area contributed by atoms with Crippen LogP contribution in [-0.4, -0.2) is 42.0 Å². The van der Waals surface area contributed by atoms with Crippen LogP contribution >= 0.6 is 0 Å². The van der Waals surface area contributed by atoms with Crippen LogP contribution in [0.4, 0.5) is 0 Å². The zero-order valence-electron chi connectivity index (χ0n) is 15.6. The second kappa shape index (κ2) is 10.6. The summed E-state index contributed by atoms with van der Waals surface area (Å²) in [5, 5.41) is 3.07. The number of carbonyl (C=O) groups is 1. The minimum Gasteiger partial charge on any atom is -0.307 e. The molecule has 0 aromatic rings. The number of nitrogens with zero attached hydrogens (tertiary/aromatic N) is 2. The molecule has 1 rings (SSSR count). The lowest BCUT2D eigenvalue weighted by molar-refractivity contribution is -0.958. The molecular weight excluding hydrogens is 286 g/mol. The molecular formula is C19H36N3O+. The van der Waals surface area contributed by atoms with Gasteiger partial charge in [0.25, 0.3) is 0 Å². The Bertz CT molecular complexity index is 405. The highest BCUT2D eigenvalue weighted by Gasteiger charge is 2.42. The van der Waals surface area contributed by atoms with Gasteiger partial charge in [0.05, 0.1) is 12.8 Å². The van der Waals surface area contributed by atoms with E-state index in [1.54, 1.807) is 6.92 Å². The zero-order chi connectivity index (χ0) is 17.1. The van der Waals surface area contributed by atoms with Crippen molar-refractivity contribution in [2.24, 2.45) is 4.99 Å². The molecule has 4 nitrogen and oxygen atoms in total. The van der Waals surface area contributed by atoms with E-state index in [0.717, 1.165) is 24.0 Å². The Morgan fingerprint density at radius 1 is 1.30 bits per heavy atom. The number of allylic oxidation sites excluding steroid dienone is 1. The fraction of sp³-hybridized carbons (Fsp3) is 0.789. The van der Waals surface area contributed by atoms with Gasteiger partial charge in [-0.25, -0.2) is 4.99 Å². The summed E-state index contributed by atoms with van der Waals surface area (Å²) in [6.45, 7) is 10.0. The summed E-state index contributed by atoms with van der Waals surface area (Å²) in [6.07, 6.45) is 15.8. The van der Waals surface area contributed by atoms with E-state index >= 15 is 0 Å². The predicted octanol–water partition coefficient (Wildman–Crippen LogP) is 4.02. The van der Waals surface area contributed by atoms with Crippen LogP contribution in [0.2, 0.25) is 0 Å². The van der Waals surface area contributed by atoms with Crippen molar-refractivity contribution in [2.75, 3.05) is 13.1 Å². The van der Waals surface area contributed by atoms with E-state index < -0.39 is 0 Å². The van der Waals surface area contributed by atoms with Crippen molar-refractivity contribution in [3.63, 3.8) is 0 Å². The first-order chi connectivity index (χ1) is 11.1.